The molecular weight excluding hydrogens is 381 g/mol. The van der Waals surface area contributed by atoms with Gasteiger partial charge in [-0.3, -0.25) is 4.79 Å². The molecule has 0 atom stereocenters. The van der Waals surface area contributed by atoms with Crippen molar-refractivity contribution in [3.8, 4) is 0 Å². The summed E-state index contributed by atoms with van der Waals surface area (Å²) in [7, 11) is 1.37. The third-order valence-corrected chi connectivity index (χ3v) is 5.23. The van der Waals surface area contributed by atoms with Crippen LogP contribution in [0.1, 0.15) is 29.5 Å². The summed E-state index contributed by atoms with van der Waals surface area (Å²) in [6.45, 7) is 0.966. The molecule has 9 heteroatoms. The Balaban J connectivity index is 1.95. The van der Waals surface area contributed by atoms with Gasteiger partial charge in [0.1, 0.15) is 0 Å². The van der Waals surface area contributed by atoms with Crippen LogP contribution in [0.3, 0.4) is 0 Å². The van der Waals surface area contributed by atoms with Crippen LogP contribution in [-0.2, 0) is 19.6 Å². The highest BCUT2D eigenvalue weighted by Crippen LogP contribution is 2.36. The summed E-state index contributed by atoms with van der Waals surface area (Å²) in [6, 6.07) is 4.48. The first-order valence-electron chi connectivity index (χ1n) is 8.87. The number of hydrogen-bond donors (Lipinski definition) is 1. The number of pyridine rings is 1. The maximum Gasteiger partial charge on any atom is 0.417 e. The summed E-state index contributed by atoms with van der Waals surface area (Å²) in [5.41, 5.74) is -1.94. The van der Waals surface area contributed by atoms with Crippen LogP contribution in [0.15, 0.2) is 23.0 Å². The molecule has 1 aliphatic heterocycles. The van der Waals surface area contributed by atoms with Crippen molar-refractivity contribution in [3.05, 3.63) is 45.2 Å². The molecule has 1 saturated heterocycles. The molecule has 1 aromatic carbocycles. The van der Waals surface area contributed by atoms with Crippen molar-refractivity contribution in [3.63, 3.8) is 0 Å². The molecule has 0 radical (unpaired) electrons. The molecule has 3 rings (SSSR count). The summed E-state index contributed by atoms with van der Waals surface area (Å²) in [4.78, 5) is 14.1. The minimum atomic E-state index is -4.78. The molecule has 0 amide bonds. The molecule has 0 aliphatic carbocycles. The summed E-state index contributed by atoms with van der Waals surface area (Å²) < 4.78 is 68.4. The van der Waals surface area contributed by atoms with E-state index in [4.69, 9.17) is 5.41 Å². The fraction of sp³-hybridized carbons (Fsp3) is 0.474. The van der Waals surface area contributed by atoms with Crippen molar-refractivity contribution in [2.45, 2.75) is 31.4 Å². The van der Waals surface area contributed by atoms with E-state index in [-0.39, 0.29) is 36.8 Å². The van der Waals surface area contributed by atoms with Crippen LogP contribution in [0.25, 0.3) is 10.9 Å². The molecular formula is C19H20F5N3O. The first-order chi connectivity index (χ1) is 13.0. The number of piperidine rings is 1. The second kappa shape index (κ2) is 7.27. The van der Waals surface area contributed by atoms with Gasteiger partial charge in [0.2, 0.25) is 0 Å². The molecule has 1 N–H and O–H groups in total. The van der Waals surface area contributed by atoms with Crippen molar-refractivity contribution < 1.29 is 22.0 Å². The Kier molecular flexibility index (Phi) is 5.31. The first-order valence-corrected chi connectivity index (χ1v) is 8.87. The second-order valence-electron chi connectivity index (χ2n) is 7.09. The van der Waals surface area contributed by atoms with Gasteiger partial charge in [0, 0.05) is 51.1 Å². The third-order valence-electron chi connectivity index (χ3n) is 5.23. The van der Waals surface area contributed by atoms with Crippen LogP contribution >= 0.6 is 0 Å². The summed E-state index contributed by atoms with van der Waals surface area (Å²) in [5.74, 6) is -2.64. The second-order valence-corrected chi connectivity index (χ2v) is 7.09. The molecule has 2 heterocycles. The maximum absolute atomic E-state index is 13.6. The topological polar surface area (TPSA) is 49.1 Å². The maximum atomic E-state index is 13.6. The van der Waals surface area contributed by atoms with Gasteiger partial charge in [-0.05, 0) is 24.1 Å². The number of aryl methyl sites for hydroxylation is 1. The molecule has 0 saturated carbocycles. The smallest absolute Gasteiger partial charge is 0.311 e. The lowest BCUT2D eigenvalue weighted by Gasteiger charge is -2.31. The molecule has 0 unspecified atom stereocenters. The van der Waals surface area contributed by atoms with Crippen LogP contribution in [0.2, 0.25) is 0 Å². The average Bonchev–Trinajstić information content (AvgIpc) is 2.62. The van der Waals surface area contributed by atoms with Gasteiger partial charge in [0.15, 0.2) is 0 Å². The minimum Gasteiger partial charge on any atom is -0.311 e. The van der Waals surface area contributed by atoms with Gasteiger partial charge in [-0.2, -0.15) is 13.2 Å². The zero-order valence-electron chi connectivity index (χ0n) is 15.2. The Hall–Kier alpha value is -2.29. The lowest BCUT2D eigenvalue weighted by atomic mass is 9.99. The first kappa shape index (κ1) is 20.4. The zero-order valence-corrected chi connectivity index (χ0v) is 15.2. The number of aromatic nitrogens is 1. The van der Waals surface area contributed by atoms with Gasteiger partial charge in [-0.1, -0.05) is 6.07 Å². The van der Waals surface area contributed by atoms with E-state index < -0.39 is 28.8 Å². The van der Waals surface area contributed by atoms with E-state index in [1.165, 1.54) is 19.2 Å². The summed E-state index contributed by atoms with van der Waals surface area (Å²) >= 11 is 0. The third kappa shape index (κ3) is 3.94. The highest BCUT2D eigenvalue weighted by molar-refractivity contribution is 5.92. The fourth-order valence-electron chi connectivity index (χ4n) is 3.60. The molecule has 2 aromatic rings. The van der Waals surface area contributed by atoms with Gasteiger partial charge in [0.25, 0.3) is 11.5 Å². The summed E-state index contributed by atoms with van der Waals surface area (Å²) in [6.07, 6.45) is -4.37. The molecule has 28 heavy (non-hydrogen) atoms. The molecule has 1 aliphatic rings. The number of nitrogens with zero attached hydrogens (tertiary/aromatic N) is 2. The van der Waals surface area contributed by atoms with E-state index in [0.717, 1.165) is 4.57 Å². The number of rotatable bonds is 4. The standard InChI is InChI=1S/C19H20F5N3O/c1-26-15-3-2-12(4-7-27-8-5-18(20,21)6-9-27)10-13(15)16(19(22,23)24)14(11-25)17(26)28/h2-3,10-11,25H,4-9H2,1H3. The van der Waals surface area contributed by atoms with Crippen molar-refractivity contribution >= 4 is 17.1 Å². The van der Waals surface area contributed by atoms with E-state index >= 15 is 0 Å². The lowest BCUT2D eigenvalue weighted by molar-refractivity contribution is -0.136. The van der Waals surface area contributed by atoms with Gasteiger partial charge in [-0.25, -0.2) is 8.78 Å². The van der Waals surface area contributed by atoms with E-state index in [2.05, 4.69) is 0 Å². The van der Waals surface area contributed by atoms with Crippen LogP contribution in [0.5, 0.6) is 0 Å². The molecule has 152 valence electrons. The van der Waals surface area contributed by atoms with Crippen molar-refractivity contribution in [2.75, 3.05) is 19.6 Å². The zero-order chi connectivity index (χ0) is 20.7. The van der Waals surface area contributed by atoms with Gasteiger partial charge < -0.3 is 14.9 Å². The number of hydrogen-bond acceptors (Lipinski definition) is 3. The number of nitrogens with one attached hydrogen (secondary N) is 1. The fourth-order valence-corrected chi connectivity index (χ4v) is 3.60. The van der Waals surface area contributed by atoms with Crippen molar-refractivity contribution in [2.24, 2.45) is 7.05 Å². The predicted octanol–water partition coefficient (Wildman–Crippen LogP) is 3.83. The monoisotopic (exact) mass is 401 g/mol. The van der Waals surface area contributed by atoms with E-state index in [1.54, 1.807) is 6.07 Å². The van der Waals surface area contributed by atoms with Crippen LogP contribution in [0.4, 0.5) is 22.0 Å². The predicted molar refractivity (Wildman–Crippen MR) is 96.4 cm³/mol. The largest absolute Gasteiger partial charge is 0.417 e. The lowest BCUT2D eigenvalue weighted by Crippen LogP contribution is -2.40. The van der Waals surface area contributed by atoms with E-state index in [0.29, 0.717) is 24.7 Å². The Morgan fingerprint density at radius 3 is 2.43 bits per heavy atom. The Labute approximate surface area is 158 Å². The van der Waals surface area contributed by atoms with Crippen molar-refractivity contribution in [1.29, 1.82) is 5.41 Å². The number of alkyl halides is 5. The quantitative estimate of drug-likeness (QED) is 0.625. The van der Waals surface area contributed by atoms with Gasteiger partial charge in [0.05, 0.1) is 16.6 Å². The average molecular weight is 401 g/mol. The summed E-state index contributed by atoms with van der Waals surface area (Å²) in [5, 5.41) is 7.13. The minimum absolute atomic E-state index is 0.129. The highest BCUT2D eigenvalue weighted by atomic mass is 19.4. The number of fused-ring (bicyclic) bond motifs is 1. The highest BCUT2D eigenvalue weighted by Gasteiger charge is 2.37. The molecule has 4 nitrogen and oxygen atoms in total. The van der Waals surface area contributed by atoms with Gasteiger partial charge >= 0.3 is 6.18 Å². The molecule has 1 aromatic heterocycles. The van der Waals surface area contributed by atoms with Crippen LogP contribution in [-0.4, -0.2) is 41.2 Å². The van der Waals surface area contributed by atoms with Crippen LogP contribution in [0, 0.1) is 5.41 Å². The Morgan fingerprint density at radius 1 is 1.21 bits per heavy atom. The number of halogens is 5. The van der Waals surface area contributed by atoms with Crippen LogP contribution < -0.4 is 5.56 Å². The number of benzene rings is 1. The Bertz CT molecular complexity index is 955. The molecule has 1 fully saturated rings. The van der Waals surface area contributed by atoms with E-state index in [9.17, 15) is 26.7 Å². The number of likely N-dealkylation sites (tertiary alicyclic amines) is 1. The van der Waals surface area contributed by atoms with Crippen molar-refractivity contribution in [1.82, 2.24) is 9.47 Å². The molecule has 0 bridgehead atoms. The normalized spacial score (nSPS) is 17.8. The van der Waals surface area contributed by atoms with Gasteiger partial charge in [-0.15, -0.1) is 0 Å². The Morgan fingerprint density at radius 2 is 1.86 bits per heavy atom. The van der Waals surface area contributed by atoms with E-state index in [1.807, 2.05) is 4.90 Å². The SMILES string of the molecule is Cn1c(=O)c(C=N)c(C(F)(F)F)c2cc(CCN3CCC(F)(F)CC3)ccc21. The molecule has 0 spiro atoms.